The number of carboxylic acids is 1. The van der Waals surface area contributed by atoms with E-state index in [-0.39, 0.29) is 11.6 Å². The average molecular weight is 620 g/mol. The van der Waals surface area contributed by atoms with Crippen molar-refractivity contribution in [2.24, 2.45) is 7.05 Å². The van der Waals surface area contributed by atoms with Gasteiger partial charge in [-0.2, -0.15) is 5.10 Å². The van der Waals surface area contributed by atoms with E-state index in [4.69, 9.17) is 27.9 Å². The molecule has 0 spiro atoms. The Labute approximate surface area is 260 Å². The van der Waals surface area contributed by atoms with Gasteiger partial charge in [0.2, 0.25) is 0 Å². The van der Waals surface area contributed by atoms with Gasteiger partial charge >= 0.3 is 5.97 Å². The zero-order valence-corrected chi connectivity index (χ0v) is 26.2. The number of allylic oxidation sites excluding steroid dienone is 1. The Morgan fingerprint density at radius 2 is 1.77 bits per heavy atom. The van der Waals surface area contributed by atoms with Crippen LogP contribution in [0.4, 0.5) is 5.69 Å². The molecule has 0 radical (unpaired) electrons. The van der Waals surface area contributed by atoms with E-state index in [1.54, 1.807) is 6.07 Å². The number of nitrogens with zero attached hydrogens (tertiary/aromatic N) is 3. The van der Waals surface area contributed by atoms with E-state index in [0.29, 0.717) is 42.2 Å². The quantitative estimate of drug-likeness (QED) is 0.188. The van der Waals surface area contributed by atoms with Crippen molar-refractivity contribution in [1.82, 2.24) is 14.8 Å². The summed E-state index contributed by atoms with van der Waals surface area (Å²) in [6.45, 7) is 8.30. The fourth-order valence-electron chi connectivity index (χ4n) is 5.70. The number of amides is 1. The fraction of sp³-hybridized carbons (Fsp3) is 0.273. The SMILES string of the molecule is Cc1cc(OCCCC2=C(C(=O)Nc3ccnc(C(=O)O)c3)Cc3c2ccc(Cl)c3-c2c(C)nn(C)c2C)cc(C)c1Cl. The number of hydrogen-bond donors (Lipinski definition) is 2. The van der Waals surface area contributed by atoms with Crippen LogP contribution in [0.25, 0.3) is 16.7 Å². The lowest BCUT2D eigenvalue weighted by Gasteiger charge is -2.14. The zero-order valence-electron chi connectivity index (χ0n) is 24.6. The van der Waals surface area contributed by atoms with Crippen molar-refractivity contribution in [1.29, 1.82) is 0 Å². The van der Waals surface area contributed by atoms with Gasteiger partial charge < -0.3 is 15.2 Å². The first-order valence-electron chi connectivity index (χ1n) is 13.9. The number of aromatic nitrogens is 3. The minimum absolute atomic E-state index is 0.150. The van der Waals surface area contributed by atoms with Crippen LogP contribution in [0, 0.1) is 27.7 Å². The van der Waals surface area contributed by atoms with Gasteiger partial charge in [-0.1, -0.05) is 29.3 Å². The fourth-order valence-corrected chi connectivity index (χ4v) is 6.08. The van der Waals surface area contributed by atoms with E-state index in [2.05, 4.69) is 15.4 Å². The molecule has 2 aromatic heterocycles. The van der Waals surface area contributed by atoms with Crippen LogP contribution in [0.15, 0.2) is 48.2 Å². The summed E-state index contributed by atoms with van der Waals surface area (Å²) in [4.78, 5) is 29.1. The molecule has 2 heterocycles. The molecule has 0 aliphatic heterocycles. The van der Waals surface area contributed by atoms with E-state index in [1.165, 1.54) is 12.3 Å². The second-order valence-electron chi connectivity index (χ2n) is 10.8. The molecular formula is C33H32Cl2N4O4. The predicted octanol–water partition coefficient (Wildman–Crippen LogP) is 7.53. The number of carbonyl (C=O) groups excluding carboxylic acids is 1. The molecule has 4 aromatic rings. The van der Waals surface area contributed by atoms with Crippen LogP contribution in [0.5, 0.6) is 5.75 Å². The Morgan fingerprint density at radius 3 is 2.42 bits per heavy atom. The van der Waals surface area contributed by atoms with Gasteiger partial charge in [0.15, 0.2) is 0 Å². The summed E-state index contributed by atoms with van der Waals surface area (Å²) in [5.41, 5.74) is 9.23. The van der Waals surface area contributed by atoms with Crippen LogP contribution >= 0.6 is 23.2 Å². The molecule has 0 atom stereocenters. The van der Waals surface area contributed by atoms with Gasteiger partial charge in [-0.15, -0.1) is 0 Å². The second-order valence-corrected chi connectivity index (χ2v) is 11.5. The first-order valence-corrected chi connectivity index (χ1v) is 14.7. The normalized spacial score (nSPS) is 12.4. The smallest absolute Gasteiger partial charge is 0.354 e. The summed E-state index contributed by atoms with van der Waals surface area (Å²) in [7, 11) is 1.90. The summed E-state index contributed by atoms with van der Waals surface area (Å²) >= 11 is 13.1. The first kappa shape index (κ1) is 30.3. The molecule has 10 heteroatoms. The minimum atomic E-state index is -1.17. The van der Waals surface area contributed by atoms with Crippen LogP contribution in [0.1, 0.15) is 57.0 Å². The molecule has 2 aromatic carbocycles. The largest absolute Gasteiger partial charge is 0.494 e. The van der Waals surface area contributed by atoms with Gasteiger partial charge in [0.25, 0.3) is 5.91 Å². The number of aromatic carboxylic acids is 1. The van der Waals surface area contributed by atoms with Gasteiger partial charge in [-0.3, -0.25) is 9.48 Å². The minimum Gasteiger partial charge on any atom is -0.494 e. The first-order chi connectivity index (χ1) is 20.5. The topological polar surface area (TPSA) is 106 Å². The molecule has 8 nitrogen and oxygen atoms in total. The number of halogens is 2. The Morgan fingerprint density at radius 1 is 1.05 bits per heavy atom. The highest BCUT2D eigenvalue weighted by atomic mass is 35.5. The molecule has 43 heavy (non-hydrogen) atoms. The third-order valence-corrected chi connectivity index (χ3v) is 8.74. The van der Waals surface area contributed by atoms with E-state index >= 15 is 0 Å². The van der Waals surface area contributed by atoms with E-state index in [9.17, 15) is 14.7 Å². The number of pyridine rings is 1. The third kappa shape index (κ3) is 6.03. The van der Waals surface area contributed by atoms with Crippen molar-refractivity contribution < 1.29 is 19.4 Å². The molecule has 1 aliphatic carbocycles. The summed E-state index contributed by atoms with van der Waals surface area (Å²) in [6.07, 6.45) is 2.98. The number of ether oxygens (including phenoxy) is 1. The molecule has 0 unspecified atom stereocenters. The molecule has 0 saturated carbocycles. The molecule has 0 saturated heterocycles. The summed E-state index contributed by atoms with van der Waals surface area (Å²) < 4.78 is 7.90. The van der Waals surface area contributed by atoms with E-state index < -0.39 is 5.97 Å². The predicted molar refractivity (Wildman–Crippen MR) is 169 cm³/mol. The lowest BCUT2D eigenvalue weighted by atomic mass is 9.93. The van der Waals surface area contributed by atoms with Crippen LogP contribution in [0.3, 0.4) is 0 Å². The molecule has 1 amide bonds. The summed E-state index contributed by atoms with van der Waals surface area (Å²) in [6, 6.07) is 10.6. The molecule has 222 valence electrons. The highest BCUT2D eigenvalue weighted by Gasteiger charge is 2.31. The van der Waals surface area contributed by atoms with Crippen LogP contribution < -0.4 is 10.1 Å². The highest BCUT2D eigenvalue weighted by Crippen LogP contribution is 2.45. The van der Waals surface area contributed by atoms with E-state index in [1.807, 2.05) is 63.7 Å². The van der Waals surface area contributed by atoms with Crippen molar-refractivity contribution in [2.75, 3.05) is 11.9 Å². The Balaban J connectivity index is 1.48. The van der Waals surface area contributed by atoms with Gasteiger partial charge in [-0.05, 0) is 98.7 Å². The van der Waals surface area contributed by atoms with Crippen molar-refractivity contribution in [2.45, 2.75) is 47.0 Å². The molecule has 2 N–H and O–H groups in total. The number of rotatable bonds is 9. The highest BCUT2D eigenvalue weighted by molar-refractivity contribution is 6.34. The molecule has 0 fully saturated rings. The van der Waals surface area contributed by atoms with Crippen molar-refractivity contribution in [3.63, 3.8) is 0 Å². The van der Waals surface area contributed by atoms with Crippen LogP contribution in [-0.2, 0) is 18.3 Å². The monoisotopic (exact) mass is 618 g/mol. The third-order valence-electron chi connectivity index (χ3n) is 7.82. The Bertz CT molecular complexity index is 1790. The maximum absolute atomic E-state index is 13.8. The lowest BCUT2D eigenvalue weighted by Crippen LogP contribution is -2.16. The van der Waals surface area contributed by atoms with Gasteiger partial charge in [0, 0.05) is 57.8 Å². The van der Waals surface area contributed by atoms with Crippen molar-refractivity contribution in [3.05, 3.63) is 97.5 Å². The Kier molecular flexibility index (Phi) is 8.62. The average Bonchev–Trinajstić information content (AvgIpc) is 3.45. The number of aryl methyl sites for hydroxylation is 4. The molecule has 5 rings (SSSR count). The van der Waals surface area contributed by atoms with Crippen molar-refractivity contribution in [3.8, 4) is 16.9 Å². The van der Waals surface area contributed by atoms with Crippen LogP contribution in [0.2, 0.25) is 10.0 Å². The molecule has 1 aliphatic rings. The standard InChI is InChI=1S/C33H32Cl2N4O4/c1-17-13-22(14-18(2)31(17)35)43-12-6-7-23-24-8-9-27(34)30(29-19(3)38-39(5)20(29)4)25(24)16-26(23)32(40)37-21-10-11-36-28(15-21)33(41)42/h8-11,13-15H,6-7,12,16H2,1-5H3,(H,41,42)(H,36,37,40). The maximum Gasteiger partial charge on any atom is 0.354 e. The van der Waals surface area contributed by atoms with Crippen LogP contribution in [-0.4, -0.2) is 38.4 Å². The molecule has 0 bridgehead atoms. The van der Waals surface area contributed by atoms with Gasteiger partial charge in [-0.25, -0.2) is 9.78 Å². The number of carboxylic acid groups (broad SMARTS) is 1. The maximum atomic E-state index is 13.8. The zero-order chi connectivity index (χ0) is 31.0. The number of fused-ring (bicyclic) bond motifs is 1. The summed E-state index contributed by atoms with van der Waals surface area (Å²) in [5.74, 6) is -0.723. The number of nitrogens with one attached hydrogen (secondary N) is 1. The number of hydrogen-bond acceptors (Lipinski definition) is 5. The van der Waals surface area contributed by atoms with Gasteiger partial charge in [0.05, 0.1) is 12.3 Å². The lowest BCUT2D eigenvalue weighted by molar-refractivity contribution is -0.112. The summed E-state index contributed by atoms with van der Waals surface area (Å²) in [5, 5.41) is 18.2. The van der Waals surface area contributed by atoms with E-state index in [0.717, 1.165) is 61.1 Å². The van der Waals surface area contributed by atoms with Gasteiger partial charge in [0.1, 0.15) is 11.4 Å². The number of anilines is 1. The molecular weight excluding hydrogens is 587 g/mol. The van der Waals surface area contributed by atoms with Crippen molar-refractivity contribution >= 4 is 46.3 Å². The Hall–Kier alpha value is -4.14. The second kappa shape index (κ2) is 12.2. The number of carbonyl (C=O) groups is 2. The number of benzene rings is 2.